The minimum absolute atomic E-state index is 0.0229. The second-order valence-corrected chi connectivity index (χ2v) is 8.94. The van der Waals surface area contributed by atoms with Gasteiger partial charge in [-0.25, -0.2) is 19.9 Å². The van der Waals surface area contributed by atoms with Crippen molar-refractivity contribution in [3.8, 4) is 11.4 Å². The lowest BCUT2D eigenvalue weighted by molar-refractivity contribution is -0.138. The molecule has 9 nitrogen and oxygen atoms in total. The Kier molecular flexibility index (Phi) is 6.92. The molecule has 1 aliphatic heterocycles. The molecular formula is C24H20F6N8O. The van der Waals surface area contributed by atoms with Crippen LogP contribution >= 0.6 is 0 Å². The van der Waals surface area contributed by atoms with Crippen LogP contribution in [0.25, 0.3) is 22.6 Å². The van der Waals surface area contributed by atoms with E-state index in [1.807, 2.05) is 0 Å². The number of aliphatic hydroxyl groups is 1. The molecule has 2 N–H and O–H groups in total. The number of fused-ring (bicyclic) bond motifs is 1. The first-order chi connectivity index (χ1) is 18.5. The van der Waals surface area contributed by atoms with Crippen LogP contribution in [0.3, 0.4) is 0 Å². The molecule has 4 aromatic rings. The van der Waals surface area contributed by atoms with Crippen molar-refractivity contribution >= 4 is 28.5 Å². The molecule has 0 saturated carbocycles. The van der Waals surface area contributed by atoms with E-state index < -0.39 is 29.2 Å². The first kappa shape index (κ1) is 26.5. The highest BCUT2D eigenvalue weighted by atomic mass is 19.4. The fourth-order valence-electron chi connectivity index (χ4n) is 4.27. The molecular weight excluding hydrogens is 530 g/mol. The second kappa shape index (κ2) is 10.2. The summed E-state index contributed by atoms with van der Waals surface area (Å²) in [5, 5.41) is 20.1. The number of pyridine rings is 2. The van der Waals surface area contributed by atoms with Gasteiger partial charge in [0.1, 0.15) is 22.7 Å². The molecule has 0 aromatic carbocycles. The Hall–Kier alpha value is -4.14. The Morgan fingerprint density at radius 2 is 1.79 bits per heavy atom. The van der Waals surface area contributed by atoms with Crippen LogP contribution in [0.4, 0.5) is 43.7 Å². The molecule has 0 bridgehead atoms. The SMILES string of the molecule is OCC1CCCN(c2cc(C(F)(F)F)c(-c3cnc4c(Nc5ccc(C(F)(F)F)cn5)ccnc4n3)nn2)C1. The number of anilines is 3. The van der Waals surface area contributed by atoms with Crippen LogP contribution in [0, 0.1) is 5.92 Å². The summed E-state index contributed by atoms with van der Waals surface area (Å²) < 4.78 is 80.6. The van der Waals surface area contributed by atoms with Crippen LogP contribution in [0.5, 0.6) is 0 Å². The average molecular weight is 550 g/mol. The van der Waals surface area contributed by atoms with Crippen LogP contribution in [-0.4, -0.2) is 54.9 Å². The van der Waals surface area contributed by atoms with E-state index in [9.17, 15) is 31.4 Å². The zero-order valence-corrected chi connectivity index (χ0v) is 20.0. The Balaban J connectivity index is 1.47. The lowest BCUT2D eigenvalue weighted by Crippen LogP contribution is -2.37. The highest BCUT2D eigenvalue weighted by molar-refractivity contribution is 5.87. The van der Waals surface area contributed by atoms with E-state index >= 15 is 0 Å². The van der Waals surface area contributed by atoms with Crippen LogP contribution < -0.4 is 10.2 Å². The maximum atomic E-state index is 14.1. The predicted octanol–water partition coefficient (Wildman–Crippen LogP) is 4.87. The summed E-state index contributed by atoms with van der Waals surface area (Å²) >= 11 is 0. The van der Waals surface area contributed by atoms with Crippen molar-refractivity contribution in [2.45, 2.75) is 25.2 Å². The Labute approximate surface area is 217 Å². The van der Waals surface area contributed by atoms with Crippen LogP contribution in [0.1, 0.15) is 24.0 Å². The Bertz CT molecular complexity index is 1480. The van der Waals surface area contributed by atoms with E-state index in [-0.39, 0.29) is 46.7 Å². The Morgan fingerprint density at radius 3 is 2.49 bits per heavy atom. The molecule has 0 amide bonds. The van der Waals surface area contributed by atoms with Crippen LogP contribution in [0.15, 0.2) is 42.9 Å². The van der Waals surface area contributed by atoms with Gasteiger partial charge in [0.05, 0.1) is 23.0 Å². The number of rotatable bonds is 5. The van der Waals surface area contributed by atoms with Gasteiger partial charge in [0.15, 0.2) is 11.5 Å². The maximum Gasteiger partial charge on any atom is 0.418 e. The molecule has 0 spiro atoms. The fourth-order valence-corrected chi connectivity index (χ4v) is 4.27. The second-order valence-electron chi connectivity index (χ2n) is 8.94. The molecule has 1 aliphatic rings. The molecule has 39 heavy (non-hydrogen) atoms. The summed E-state index contributed by atoms with van der Waals surface area (Å²) in [6, 6.07) is 4.38. The van der Waals surface area contributed by atoms with Gasteiger partial charge in [0.25, 0.3) is 0 Å². The first-order valence-electron chi connectivity index (χ1n) is 11.8. The maximum absolute atomic E-state index is 14.1. The summed E-state index contributed by atoms with van der Waals surface area (Å²) in [6.07, 6.45) is -4.75. The molecule has 15 heteroatoms. The lowest BCUT2D eigenvalue weighted by Gasteiger charge is -2.32. The van der Waals surface area contributed by atoms with Crippen LogP contribution in [-0.2, 0) is 12.4 Å². The van der Waals surface area contributed by atoms with Gasteiger partial charge >= 0.3 is 12.4 Å². The largest absolute Gasteiger partial charge is 0.418 e. The molecule has 1 unspecified atom stereocenters. The van der Waals surface area contributed by atoms with E-state index in [1.54, 1.807) is 4.90 Å². The minimum Gasteiger partial charge on any atom is -0.396 e. The number of nitrogens with one attached hydrogen (secondary N) is 1. The summed E-state index contributed by atoms with van der Waals surface area (Å²) in [6.45, 7) is 0.787. The summed E-state index contributed by atoms with van der Waals surface area (Å²) in [4.78, 5) is 17.9. The van der Waals surface area contributed by atoms with Gasteiger partial charge < -0.3 is 15.3 Å². The van der Waals surface area contributed by atoms with Crippen molar-refractivity contribution in [2.75, 3.05) is 29.9 Å². The van der Waals surface area contributed by atoms with Crippen molar-refractivity contribution in [3.05, 3.63) is 54.0 Å². The minimum atomic E-state index is -4.77. The number of hydrogen-bond acceptors (Lipinski definition) is 9. The normalized spacial score (nSPS) is 16.5. The van der Waals surface area contributed by atoms with Gasteiger partial charge in [0.2, 0.25) is 0 Å². The smallest absolute Gasteiger partial charge is 0.396 e. The molecule has 5 rings (SSSR count). The van der Waals surface area contributed by atoms with Crippen molar-refractivity contribution in [2.24, 2.45) is 5.92 Å². The van der Waals surface area contributed by atoms with Gasteiger partial charge in [0, 0.05) is 32.1 Å². The van der Waals surface area contributed by atoms with E-state index in [0.717, 1.165) is 30.8 Å². The highest BCUT2D eigenvalue weighted by Crippen LogP contribution is 2.38. The first-order valence-corrected chi connectivity index (χ1v) is 11.8. The average Bonchev–Trinajstić information content (AvgIpc) is 2.92. The van der Waals surface area contributed by atoms with Crippen molar-refractivity contribution in [3.63, 3.8) is 0 Å². The van der Waals surface area contributed by atoms with Gasteiger partial charge in [-0.15, -0.1) is 10.2 Å². The van der Waals surface area contributed by atoms with E-state index in [1.165, 1.54) is 12.3 Å². The molecule has 1 fully saturated rings. The third-order valence-electron chi connectivity index (χ3n) is 6.23. The Morgan fingerprint density at radius 1 is 0.974 bits per heavy atom. The monoisotopic (exact) mass is 550 g/mol. The van der Waals surface area contributed by atoms with E-state index in [2.05, 4.69) is 35.5 Å². The molecule has 0 aliphatic carbocycles. The summed E-state index contributed by atoms with van der Waals surface area (Å²) in [5.74, 6) is 0.0718. The molecule has 0 radical (unpaired) electrons. The van der Waals surface area contributed by atoms with Gasteiger partial charge in [-0.3, -0.25) is 0 Å². The number of hydrogen-bond donors (Lipinski definition) is 2. The quantitative estimate of drug-likeness (QED) is 0.336. The lowest BCUT2D eigenvalue weighted by atomic mass is 9.99. The van der Waals surface area contributed by atoms with E-state index in [4.69, 9.17) is 0 Å². The number of aliphatic hydroxyl groups excluding tert-OH is 1. The molecule has 204 valence electrons. The van der Waals surface area contributed by atoms with Crippen molar-refractivity contribution < 1.29 is 31.4 Å². The number of halogens is 6. The highest BCUT2D eigenvalue weighted by Gasteiger charge is 2.37. The topological polar surface area (TPSA) is 113 Å². The molecule has 4 aromatic heterocycles. The standard InChI is InChI=1S/C24H20F6N8O/c25-23(26,27)14-3-4-18(32-9-14)34-16-5-6-31-22-21(16)33-10-17(35-22)20-15(24(28,29)30)8-19(36-37-20)38-7-1-2-13(11-38)12-39/h3-6,8-10,13,39H,1-2,7,11-12H2,(H,31,32,34,35). The molecule has 1 atom stereocenters. The third-order valence-corrected chi connectivity index (χ3v) is 6.23. The van der Waals surface area contributed by atoms with Gasteiger partial charge in [-0.2, -0.15) is 26.3 Å². The van der Waals surface area contributed by atoms with Crippen LogP contribution in [0.2, 0.25) is 0 Å². The number of piperidine rings is 1. The summed E-state index contributed by atoms with van der Waals surface area (Å²) in [7, 11) is 0. The fraction of sp³-hybridized carbons (Fsp3) is 0.333. The zero-order chi connectivity index (χ0) is 27.8. The molecule has 1 saturated heterocycles. The summed E-state index contributed by atoms with van der Waals surface area (Å²) in [5.41, 5.74) is -2.28. The van der Waals surface area contributed by atoms with Crippen molar-refractivity contribution in [1.82, 2.24) is 30.1 Å². The van der Waals surface area contributed by atoms with Gasteiger partial charge in [-0.05, 0) is 43.0 Å². The van der Waals surface area contributed by atoms with Crippen molar-refractivity contribution in [1.29, 1.82) is 0 Å². The van der Waals surface area contributed by atoms with E-state index in [0.29, 0.717) is 25.7 Å². The zero-order valence-electron chi connectivity index (χ0n) is 20.0. The number of alkyl halides is 6. The molecule has 5 heterocycles. The number of aromatic nitrogens is 6. The van der Waals surface area contributed by atoms with Gasteiger partial charge in [-0.1, -0.05) is 0 Å². The number of nitrogens with zero attached hydrogens (tertiary/aromatic N) is 7. The third kappa shape index (κ3) is 5.67. The predicted molar refractivity (Wildman–Crippen MR) is 128 cm³/mol.